The second kappa shape index (κ2) is 6.16. The molecule has 2 N–H and O–H groups in total. The molecule has 1 fully saturated rings. The molecule has 21 heavy (non-hydrogen) atoms. The van der Waals surface area contributed by atoms with Gasteiger partial charge in [0.25, 0.3) is 0 Å². The number of nitrogens with two attached hydrogens (primary N) is 1. The normalized spacial score (nSPS) is 17.9. The molecule has 0 aliphatic carbocycles. The van der Waals surface area contributed by atoms with E-state index in [1.807, 2.05) is 13.8 Å². The number of imide groups is 1. The topological polar surface area (TPSA) is 72.6 Å². The van der Waals surface area contributed by atoms with Gasteiger partial charge in [-0.3, -0.25) is 14.5 Å². The van der Waals surface area contributed by atoms with Crippen molar-refractivity contribution in [3.8, 4) is 5.75 Å². The fourth-order valence-corrected chi connectivity index (χ4v) is 2.44. The standard InChI is InChI=1S/C16H22N2O3/c1-16(2)10-14(19)18(15(20)11-16)8-3-9-21-13-6-4-12(17)5-7-13/h4-7H,3,8-11,17H2,1-2H3. The number of ether oxygens (including phenoxy) is 1. The first-order chi connectivity index (χ1) is 9.87. The van der Waals surface area contributed by atoms with Gasteiger partial charge in [-0.05, 0) is 36.1 Å². The summed E-state index contributed by atoms with van der Waals surface area (Å²) in [6, 6.07) is 7.15. The summed E-state index contributed by atoms with van der Waals surface area (Å²) in [5.41, 5.74) is 6.07. The largest absolute Gasteiger partial charge is 0.494 e. The van der Waals surface area contributed by atoms with E-state index < -0.39 is 0 Å². The van der Waals surface area contributed by atoms with Gasteiger partial charge in [0.15, 0.2) is 0 Å². The predicted molar refractivity (Wildman–Crippen MR) is 80.7 cm³/mol. The molecule has 0 aromatic heterocycles. The maximum absolute atomic E-state index is 12.0. The van der Waals surface area contributed by atoms with Gasteiger partial charge in [-0.15, -0.1) is 0 Å². The molecule has 2 amide bonds. The summed E-state index contributed by atoms with van der Waals surface area (Å²) in [4.78, 5) is 25.3. The molecule has 1 aliphatic heterocycles. The number of benzene rings is 1. The van der Waals surface area contributed by atoms with Gasteiger partial charge < -0.3 is 10.5 Å². The van der Waals surface area contributed by atoms with Gasteiger partial charge in [0.1, 0.15) is 5.75 Å². The third-order valence-electron chi connectivity index (χ3n) is 3.54. The van der Waals surface area contributed by atoms with Crippen LogP contribution in [0.1, 0.15) is 33.1 Å². The van der Waals surface area contributed by atoms with Gasteiger partial charge in [-0.1, -0.05) is 13.8 Å². The lowest BCUT2D eigenvalue weighted by Crippen LogP contribution is -2.46. The fourth-order valence-electron chi connectivity index (χ4n) is 2.44. The van der Waals surface area contributed by atoms with E-state index in [0.717, 1.165) is 5.75 Å². The number of nitrogens with zero attached hydrogens (tertiary/aromatic N) is 1. The summed E-state index contributed by atoms with van der Waals surface area (Å²) in [5.74, 6) is 0.578. The fraction of sp³-hybridized carbons (Fsp3) is 0.500. The zero-order valence-corrected chi connectivity index (χ0v) is 12.6. The molecule has 1 saturated heterocycles. The Morgan fingerprint density at radius 2 is 1.71 bits per heavy atom. The number of likely N-dealkylation sites (tertiary alicyclic amines) is 1. The highest BCUT2D eigenvalue weighted by atomic mass is 16.5. The van der Waals surface area contributed by atoms with Crippen LogP contribution >= 0.6 is 0 Å². The van der Waals surface area contributed by atoms with Crippen LogP contribution < -0.4 is 10.5 Å². The summed E-state index contributed by atoms with van der Waals surface area (Å²) in [6.45, 7) is 4.78. The van der Waals surface area contributed by atoms with Crippen LogP contribution in [0.15, 0.2) is 24.3 Å². The van der Waals surface area contributed by atoms with Gasteiger partial charge >= 0.3 is 0 Å². The smallest absolute Gasteiger partial charge is 0.229 e. The Bertz CT molecular complexity index is 503. The van der Waals surface area contributed by atoms with Crippen molar-refractivity contribution in [1.82, 2.24) is 4.90 Å². The van der Waals surface area contributed by atoms with E-state index >= 15 is 0 Å². The predicted octanol–water partition coefficient (Wildman–Crippen LogP) is 2.21. The molecule has 1 heterocycles. The van der Waals surface area contributed by atoms with Gasteiger partial charge in [-0.2, -0.15) is 0 Å². The number of carbonyl (C=O) groups excluding carboxylic acids is 2. The minimum absolute atomic E-state index is 0.0799. The Labute approximate surface area is 125 Å². The van der Waals surface area contributed by atoms with Crippen LogP contribution in [0, 0.1) is 5.41 Å². The summed E-state index contributed by atoms with van der Waals surface area (Å²) >= 11 is 0. The Hall–Kier alpha value is -2.04. The van der Waals surface area contributed by atoms with Gasteiger partial charge in [-0.25, -0.2) is 0 Å². The third kappa shape index (κ3) is 4.21. The first-order valence-electron chi connectivity index (χ1n) is 7.19. The van der Waals surface area contributed by atoms with Gasteiger partial charge in [0, 0.05) is 25.1 Å². The first kappa shape index (κ1) is 15.4. The van der Waals surface area contributed by atoms with Gasteiger partial charge in [0.05, 0.1) is 6.61 Å². The van der Waals surface area contributed by atoms with E-state index in [4.69, 9.17) is 10.5 Å². The quantitative estimate of drug-likeness (QED) is 0.512. The zero-order chi connectivity index (χ0) is 15.5. The van der Waals surface area contributed by atoms with Crippen molar-refractivity contribution < 1.29 is 14.3 Å². The van der Waals surface area contributed by atoms with E-state index in [0.29, 0.717) is 38.1 Å². The van der Waals surface area contributed by atoms with Crippen molar-refractivity contribution in [1.29, 1.82) is 0 Å². The zero-order valence-electron chi connectivity index (χ0n) is 12.6. The molecule has 0 saturated carbocycles. The van der Waals surface area contributed by atoms with E-state index in [1.54, 1.807) is 24.3 Å². The highest BCUT2D eigenvalue weighted by Gasteiger charge is 2.36. The number of amides is 2. The summed E-state index contributed by atoms with van der Waals surface area (Å²) in [7, 11) is 0. The van der Waals surface area contributed by atoms with Crippen molar-refractivity contribution in [2.45, 2.75) is 33.1 Å². The Morgan fingerprint density at radius 3 is 2.29 bits per heavy atom. The maximum Gasteiger partial charge on any atom is 0.229 e. The molecule has 2 rings (SSSR count). The average molecular weight is 290 g/mol. The molecule has 5 heteroatoms. The second-order valence-electron chi connectivity index (χ2n) is 6.23. The highest BCUT2D eigenvalue weighted by molar-refractivity contribution is 5.98. The molecule has 0 spiro atoms. The molecule has 5 nitrogen and oxygen atoms in total. The first-order valence-corrected chi connectivity index (χ1v) is 7.19. The Morgan fingerprint density at radius 1 is 1.14 bits per heavy atom. The van der Waals surface area contributed by atoms with E-state index in [-0.39, 0.29) is 17.2 Å². The number of rotatable bonds is 5. The van der Waals surface area contributed by atoms with Crippen LogP contribution in [-0.2, 0) is 9.59 Å². The van der Waals surface area contributed by atoms with E-state index in [2.05, 4.69) is 0 Å². The summed E-state index contributed by atoms with van der Waals surface area (Å²) in [6.07, 6.45) is 1.48. The molecular weight excluding hydrogens is 268 g/mol. The average Bonchev–Trinajstić information content (AvgIpc) is 2.38. The number of hydrogen-bond acceptors (Lipinski definition) is 4. The highest BCUT2D eigenvalue weighted by Crippen LogP contribution is 2.31. The Kier molecular flexibility index (Phi) is 4.50. The lowest BCUT2D eigenvalue weighted by Gasteiger charge is -2.34. The monoisotopic (exact) mass is 290 g/mol. The molecular formula is C16H22N2O3. The van der Waals surface area contributed by atoms with Crippen molar-refractivity contribution in [3.05, 3.63) is 24.3 Å². The van der Waals surface area contributed by atoms with Gasteiger partial charge in [0.2, 0.25) is 11.8 Å². The van der Waals surface area contributed by atoms with Crippen LogP contribution in [0.2, 0.25) is 0 Å². The number of hydrogen-bond donors (Lipinski definition) is 1. The molecule has 1 aliphatic rings. The number of carbonyl (C=O) groups is 2. The number of nitrogen functional groups attached to an aromatic ring is 1. The van der Waals surface area contributed by atoms with Crippen LogP contribution in [0.25, 0.3) is 0 Å². The molecule has 1 aromatic rings. The molecule has 0 radical (unpaired) electrons. The number of anilines is 1. The van der Waals surface area contributed by atoms with E-state index in [9.17, 15) is 9.59 Å². The minimum Gasteiger partial charge on any atom is -0.494 e. The lowest BCUT2D eigenvalue weighted by atomic mass is 9.82. The van der Waals surface area contributed by atoms with E-state index in [1.165, 1.54) is 4.90 Å². The molecule has 0 unspecified atom stereocenters. The van der Waals surface area contributed by atoms with Crippen molar-refractivity contribution in [2.24, 2.45) is 5.41 Å². The summed E-state index contributed by atoms with van der Waals surface area (Å²) in [5, 5.41) is 0. The van der Waals surface area contributed by atoms with Crippen LogP contribution in [0.4, 0.5) is 5.69 Å². The second-order valence-corrected chi connectivity index (χ2v) is 6.23. The minimum atomic E-state index is -0.217. The van der Waals surface area contributed by atoms with Crippen molar-refractivity contribution in [3.63, 3.8) is 0 Å². The molecule has 1 aromatic carbocycles. The van der Waals surface area contributed by atoms with Crippen LogP contribution in [0.3, 0.4) is 0 Å². The third-order valence-corrected chi connectivity index (χ3v) is 3.54. The van der Waals surface area contributed by atoms with Crippen molar-refractivity contribution in [2.75, 3.05) is 18.9 Å². The summed E-state index contributed by atoms with van der Waals surface area (Å²) < 4.78 is 5.56. The van der Waals surface area contributed by atoms with Crippen LogP contribution in [0.5, 0.6) is 5.75 Å². The molecule has 0 bridgehead atoms. The molecule has 114 valence electrons. The Balaban J connectivity index is 1.77. The van der Waals surface area contributed by atoms with Crippen molar-refractivity contribution >= 4 is 17.5 Å². The maximum atomic E-state index is 12.0. The SMILES string of the molecule is CC1(C)CC(=O)N(CCCOc2ccc(N)cc2)C(=O)C1. The van der Waals surface area contributed by atoms with Crippen LogP contribution in [-0.4, -0.2) is 29.9 Å². The molecule has 0 atom stereocenters. The lowest BCUT2D eigenvalue weighted by molar-refractivity contribution is -0.152. The number of piperidine rings is 1.